The van der Waals surface area contributed by atoms with Crippen molar-refractivity contribution in [3.63, 3.8) is 0 Å². The zero-order chi connectivity index (χ0) is 18.7. The van der Waals surface area contributed by atoms with Crippen molar-refractivity contribution < 1.29 is 14.3 Å². The van der Waals surface area contributed by atoms with E-state index in [-0.39, 0.29) is 18.2 Å². The van der Waals surface area contributed by atoms with E-state index in [1.807, 2.05) is 56.3 Å². The minimum Gasteiger partial charge on any atom is -0.478 e. The third-order valence-electron chi connectivity index (χ3n) is 4.30. The molecule has 5 nitrogen and oxygen atoms in total. The predicted molar refractivity (Wildman–Crippen MR) is 106 cm³/mol. The largest absolute Gasteiger partial charge is 0.478 e. The average molecular weight is 417 g/mol. The smallest absolute Gasteiger partial charge is 0.268 e. The first kappa shape index (κ1) is 18.5. The molecule has 6 heteroatoms. The summed E-state index contributed by atoms with van der Waals surface area (Å²) in [5, 5.41) is 2.89. The maximum absolute atomic E-state index is 12.6. The molecule has 0 radical (unpaired) electrons. The molecule has 0 saturated carbocycles. The zero-order valence-corrected chi connectivity index (χ0v) is 16.4. The number of nitrogens with one attached hydrogen (secondary N) is 1. The average Bonchev–Trinajstić information content (AvgIpc) is 2.63. The molecule has 1 aliphatic heterocycles. The fourth-order valence-corrected chi connectivity index (χ4v) is 3.50. The van der Waals surface area contributed by atoms with Crippen molar-refractivity contribution in [1.82, 2.24) is 0 Å². The molecule has 0 aliphatic carbocycles. The van der Waals surface area contributed by atoms with Crippen molar-refractivity contribution in [3.8, 4) is 5.75 Å². The summed E-state index contributed by atoms with van der Waals surface area (Å²) in [5.74, 6) is 0.440. The fraction of sp³-hybridized carbons (Fsp3) is 0.300. The number of anilines is 2. The topological polar surface area (TPSA) is 58.6 Å². The molecule has 1 aliphatic rings. The van der Waals surface area contributed by atoms with E-state index in [4.69, 9.17) is 4.74 Å². The van der Waals surface area contributed by atoms with Gasteiger partial charge in [-0.25, -0.2) is 0 Å². The van der Waals surface area contributed by atoms with Crippen LogP contribution in [0.4, 0.5) is 11.4 Å². The Balaban J connectivity index is 1.70. The highest BCUT2D eigenvalue weighted by Crippen LogP contribution is 2.34. The first-order valence-electron chi connectivity index (χ1n) is 8.62. The lowest BCUT2D eigenvalue weighted by Gasteiger charge is -2.33. The van der Waals surface area contributed by atoms with Crippen LogP contribution in [0.15, 0.2) is 46.9 Å². The highest BCUT2D eigenvalue weighted by Gasteiger charge is 2.33. The van der Waals surface area contributed by atoms with Crippen molar-refractivity contribution in [2.45, 2.75) is 32.8 Å². The number of hydrogen-bond donors (Lipinski definition) is 1. The molecule has 0 fully saturated rings. The van der Waals surface area contributed by atoms with E-state index < -0.39 is 6.10 Å². The second kappa shape index (κ2) is 7.91. The van der Waals surface area contributed by atoms with E-state index in [0.29, 0.717) is 24.4 Å². The molecule has 0 saturated heterocycles. The number of aryl methyl sites for hydroxylation is 1. The number of para-hydroxylation sites is 2. The van der Waals surface area contributed by atoms with Crippen molar-refractivity contribution in [1.29, 1.82) is 0 Å². The Labute approximate surface area is 161 Å². The van der Waals surface area contributed by atoms with Crippen molar-refractivity contribution in [2.75, 3.05) is 16.8 Å². The number of carbonyl (C=O) groups excluding carboxylic acids is 2. The lowest BCUT2D eigenvalue weighted by Crippen LogP contribution is -2.46. The van der Waals surface area contributed by atoms with Crippen LogP contribution >= 0.6 is 15.9 Å². The number of amides is 2. The van der Waals surface area contributed by atoms with Crippen LogP contribution in [0.1, 0.15) is 25.3 Å². The van der Waals surface area contributed by atoms with Crippen LogP contribution in [0, 0.1) is 6.92 Å². The van der Waals surface area contributed by atoms with Gasteiger partial charge in [0.15, 0.2) is 6.10 Å². The summed E-state index contributed by atoms with van der Waals surface area (Å²) in [7, 11) is 0. The molecule has 1 atom stereocenters. The maximum atomic E-state index is 12.6. The van der Waals surface area contributed by atoms with Gasteiger partial charge in [-0.2, -0.15) is 0 Å². The first-order valence-corrected chi connectivity index (χ1v) is 9.42. The molecule has 2 amide bonds. The van der Waals surface area contributed by atoms with E-state index in [0.717, 1.165) is 15.7 Å². The van der Waals surface area contributed by atoms with Crippen molar-refractivity contribution in [2.24, 2.45) is 0 Å². The summed E-state index contributed by atoms with van der Waals surface area (Å²) in [6, 6.07) is 13.2. The second-order valence-electron chi connectivity index (χ2n) is 6.25. The van der Waals surface area contributed by atoms with Crippen LogP contribution in [-0.2, 0) is 9.59 Å². The molecule has 136 valence electrons. The number of benzene rings is 2. The normalized spacial score (nSPS) is 16.0. The minimum absolute atomic E-state index is 0.101. The number of fused-ring (bicyclic) bond motifs is 1. The van der Waals surface area contributed by atoms with Gasteiger partial charge in [-0.15, -0.1) is 0 Å². The highest BCUT2D eigenvalue weighted by molar-refractivity contribution is 9.10. The van der Waals surface area contributed by atoms with Gasteiger partial charge in [-0.3, -0.25) is 9.59 Å². The Kier molecular flexibility index (Phi) is 5.61. The van der Waals surface area contributed by atoms with E-state index in [1.165, 1.54) is 0 Å². The summed E-state index contributed by atoms with van der Waals surface area (Å²) >= 11 is 3.46. The van der Waals surface area contributed by atoms with Crippen molar-refractivity contribution in [3.05, 3.63) is 52.5 Å². The van der Waals surface area contributed by atoms with Gasteiger partial charge >= 0.3 is 0 Å². The summed E-state index contributed by atoms with van der Waals surface area (Å²) in [4.78, 5) is 26.7. The summed E-state index contributed by atoms with van der Waals surface area (Å²) in [6.45, 7) is 4.21. The van der Waals surface area contributed by atoms with E-state index in [1.54, 1.807) is 4.90 Å². The van der Waals surface area contributed by atoms with Crippen LogP contribution in [-0.4, -0.2) is 24.5 Å². The second-order valence-corrected chi connectivity index (χ2v) is 7.11. The monoisotopic (exact) mass is 416 g/mol. The fourth-order valence-electron chi connectivity index (χ4n) is 2.91. The number of ether oxygens (including phenoxy) is 1. The molecule has 1 heterocycles. The molecular weight excluding hydrogens is 396 g/mol. The van der Waals surface area contributed by atoms with Crippen LogP contribution < -0.4 is 15.0 Å². The first-order chi connectivity index (χ1) is 12.5. The van der Waals surface area contributed by atoms with Crippen LogP contribution in [0.3, 0.4) is 0 Å². The molecule has 0 bridgehead atoms. The Bertz CT molecular complexity index is 838. The van der Waals surface area contributed by atoms with E-state index >= 15 is 0 Å². The standard InChI is InChI=1S/C20H21BrN2O3/c1-3-17-20(25)23(16-6-4-5-7-18(16)26-17)11-10-19(24)22-15-9-8-13(2)12-14(15)21/h4-9,12,17H,3,10-11H2,1-2H3,(H,22,24). The SMILES string of the molecule is CCC1Oc2ccccc2N(CCC(=O)Nc2ccc(C)cc2Br)C1=O. The van der Waals surface area contributed by atoms with Crippen molar-refractivity contribution >= 4 is 39.1 Å². The molecular formula is C20H21BrN2O3. The zero-order valence-electron chi connectivity index (χ0n) is 14.8. The molecule has 0 aromatic heterocycles. The van der Waals surface area contributed by atoms with Gasteiger partial charge in [0.05, 0.1) is 11.4 Å². The van der Waals surface area contributed by atoms with Gasteiger partial charge in [-0.05, 0) is 59.1 Å². The summed E-state index contributed by atoms with van der Waals surface area (Å²) < 4.78 is 6.59. The third kappa shape index (κ3) is 3.90. The number of hydrogen-bond acceptors (Lipinski definition) is 3. The Morgan fingerprint density at radius 2 is 2.04 bits per heavy atom. The molecule has 1 unspecified atom stereocenters. The number of nitrogens with zero attached hydrogens (tertiary/aromatic N) is 1. The third-order valence-corrected chi connectivity index (χ3v) is 4.95. The van der Waals surface area contributed by atoms with Crippen LogP contribution in [0.25, 0.3) is 0 Å². The number of carbonyl (C=O) groups is 2. The lowest BCUT2D eigenvalue weighted by molar-refractivity contribution is -0.126. The van der Waals surface area contributed by atoms with E-state index in [2.05, 4.69) is 21.2 Å². The van der Waals surface area contributed by atoms with E-state index in [9.17, 15) is 9.59 Å². The maximum Gasteiger partial charge on any atom is 0.268 e. The number of halogens is 1. The van der Waals surface area contributed by atoms with Crippen LogP contribution in [0.2, 0.25) is 0 Å². The van der Waals surface area contributed by atoms with Gasteiger partial charge in [0, 0.05) is 17.4 Å². The molecule has 1 N–H and O–H groups in total. The Hall–Kier alpha value is -2.34. The van der Waals surface area contributed by atoms with Gasteiger partial charge in [0.2, 0.25) is 5.91 Å². The molecule has 2 aromatic carbocycles. The van der Waals surface area contributed by atoms with Gasteiger partial charge < -0.3 is 15.0 Å². The highest BCUT2D eigenvalue weighted by atomic mass is 79.9. The van der Waals surface area contributed by atoms with Gasteiger partial charge in [0.25, 0.3) is 5.91 Å². The number of rotatable bonds is 5. The van der Waals surface area contributed by atoms with Gasteiger partial charge in [0.1, 0.15) is 5.75 Å². The molecule has 0 spiro atoms. The molecule has 3 rings (SSSR count). The lowest BCUT2D eigenvalue weighted by atomic mass is 10.1. The quantitative estimate of drug-likeness (QED) is 0.790. The molecule has 26 heavy (non-hydrogen) atoms. The predicted octanol–water partition coefficient (Wildman–Crippen LogP) is 4.29. The Morgan fingerprint density at radius 1 is 1.27 bits per heavy atom. The summed E-state index contributed by atoms with van der Waals surface area (Å²) in [5.41, 5.74) is 2.54. The summed E-state index contributed by atoms with van der Waals surface area (Å²) in [6.07, 6.45) is 0.294. The Morgan fingerprint density at radius 3 is 2.77 bits per heavy atom. The minimum atomic E-state index is -0.501. The van der Waals surface area contributed by atoms with Crippen LogP contribution in [0.5, 0.6) is 5.75 Å². The molecule has 2 aromatic rings. The van der Waals surface area contributed by atoms with Gasteiger partial charge in [-0.1, -0.05) is 25.1 Å².